The Balaban J connectivity index is 1.51. The summed E-state index contributed by atoms with van der Waals surface area (Å²) in [5.41, 5.74) is 4.84. The lowest BCUT2D eigenvalue weighted by molar-refractivity contribution is -0.127. The van der Waals surface area contributed by atoms with E-state index in [0.717, 1.165) is 34.0 Å². The van der Waals surface area contributed by atoms with Crippen LogP contribution in [-0.4, -0.2) is 57.9 Å². The molecule has 10 heteroatoms. The number of carbonyl (C=O) groups is 2. The van der Waals surface area contributed by atoms with Crippen molar-refractivity contribution in [2.75, 3.05) is 41.3 Å². The number of imidazole rings is 1. The molecule has 0 saturated carbocycles. The highest BCUT2D eigenvalue weighted by atomic mass is 19.1. The molecule has 1 fully saturated rings. The second kappa shape index (κ2) is 10.2. The molecule has 1 amide bonds. The molecule has 5 rings (SSSR count). The van der Waals surface area contributed by atoms with Crippen molar-refractivity contribution in [1.29, 1.82) is 0 Å². The van der Waals surface area contributed by atoms with Gasteiger partial charge in [0.1, 0.15) is 5.82 Å². The van der Waals surface area contributed by atoms with Gasteiger partial charge in [-0.3, -0.25) is 9.59 Å². The number of piperazine rings is 1. The summed E-state index contributed by atoms with van der Waals surface area (Å²) in [6.07, 6.45) is 2.61. The average Bonchev–Trinajstić information content (AvgIpc) is 3.23. The van der Waals surface area contributed by atoms with Crippen LogP contribution in [0.2, 0.25) is 0 Å². The number of aldehydes is 1. The predicted molar refractivity (Wildman–Crippen MR) is 140 cm³/mol. The minimum Gasteiger partial charge on any atom is -0.368 e. The Labute approximate surface area is 213 Å². The molecule has 1 saturated heterocycles. The molecule has 0 radical (unpaired) electrons. The minimum atomic E-state index is -0.720. The molecule has 1 aliphatic rings. The first-order valence-corrected chi connectivity index (χ1v) is 11.9. The zero-order valence-electron chi connectivity index (χ0n) is 20.6. The SMILES string of the molecule is Cc1nc(-c2ccccc2)c(-c2cc(N3CCN(c4ncc(F)cn4)CC3)ccc2NC(=O)C=O)n1C. The summed E-state index contributed by atoms with van der Waals surface area (Å²) < 4.78 is 15.2. The first-order valence-electron chi connectivity index (χ1n) is 11.9. The molecule has 1 aliphatic heterocycles. The predicted octanol–water partition coefficient (Wildman–Crippen LogP) is 3.46. The van der Waals surface area contributed by atoms with Gasteiger partial charge in [0.05, 0.1) is 29.5 Å². The van der Waals surface area contributed by atoms with Gasteiger partial charge < -0.3 is 19.7 Å². The monoisotopic (exact) mass is 499 g/mol. The number of halogens is 1. The molecule has 0 aliphatic carbocycles. The maximum atomic E-state index is 13.2. The van der Waals surface area contributed by atoms with E-state index < -0.39 is 11.7 Å². The molecule has 0 spiro atoms. The number of benzene rings is 2. The number of aryl methyl sites for hydroxylation is 1. The molecule has 0 unspecified atom stereocenters. The number of nitrogens with one attached hydrogen (secondary N) is 1. The number of hydrogen-bond donors (Lipinski definition) is 1. The van der Waals surface area contributed by atoms with Crippen LogP contribution >= 0.6 is 0 Å². The van der Waals surface area contributed by atoms with Crippen molar-refractivity contribution < 1.29 is 14.0 Å². The Morgan fingerprint density at radius 1 is 1.00 bits per heavy atom. The van der Waals surface area contributed by atoms with E-state index in [1.54, 1.807) is 0 Å². The third-order valence-corrected chi connectivity index (χ3v) is 6.52. The van der Waals surface area contributed by atoms with Crippen molar-refractivity contribution in [1.82, 2.24) is 19.5 Å². The summed E-state index contributed by atoms with van der Waals surface area (Å²) in [6.45, 7) is 4.68. The van der Waals surface area contributed by atoms with Crippen LogP contribution < -0.4 is 15.1 Å². The summed E-state index contributed by atoms with van der Waals surface area (Å²) in [5, 5.41) is 2.72. The van der Waals surface area contributed by atoms with Gasteiger partial charge in [-0.05, 0) is 25.1 Å². The van der Waals surface area contributed by atoms with Gasteiger partial charge in [-0.25, -0.2) is 19.3 Å². The Morgan fingerprint density at radius 3 is 2.35 bits per heavy atom. The number of anilines is 3. The summed E-state index contributed by atoms with van der Waals surface area (Å²) in [7, 11) is 1.93. The maximum Gasteiger partial charge on any atom is 0.288 e. The smallest absolute Gasteiger partial charge is 0.288 e. The molecule has 1 N–H and O–H groups in total. The minimum absolute atomic E-state index is 0.265. The quantitative estimate of drug-likeness (QED) is 0.321. The van der Waals surface area contributed by atoms with E-state index in [4.69, 9.17) is 4.98 Å². The zero-order chi connectivity index (χ0) is 25.9. The third kappa shape index (κ3) is 4.90. The molecule has 4 aromatic rings. The Morgan fingerprint density at radius 2 is 1.68 bits per heavy atom. The van der Waals surface area contributed by atoms with E-state index in [1.807, 2.05) is 72.0 Å². The second-order valence-electron chi connectivity index (χ2n) is 8.79. The number of rotatable bonds is 6. The van der Waals surface area contributed by atoms with Crippen LogP contribution in [0.25, 0.3) is 22.5 Å². The second-order valence-corrected chi connectivity index (χ2v) is 8.79. The molecule has 0 atom stereocenters. The molecular formula is C27H26FN7O2. The van der Waals surface area contributed by atoms with E-state index in [2.05, 4.69) is 20.2 Å². The van der Waals surface area contributed by atoms with E-state index >= 15 is 0 Å². The lowest BCUT2D eigenvalue weighted by atomic mass is 10.0. The van der Waals surface area contributed by atoms with Crippen molar-refractivity contribution in [3.05, 3.63) is 72.6 Å². The highest BCUT2D eigenvalue weighted by molar-refractivity contribution is 6.30. The van der Waals surface area contributed by atoms with Gasteiger partial charge >= 0.3 is 0 Å². The molecule has 3 heterocycles. The summed E-state index contributed by atoms with van der Waals surface area (Å²) in [6, 6.07) is 15.6. The Bertz CT molecular complexity index is 1430. The van der Waals surface area contributed by atoms with Gasteiger partial charge in [-0.15, -0.1) is 0 Å². The van der Waals surface area contributed by atoms with Crippen molar-refractivity contribution in [2.45, 2.75) is 6.92 Å². The molecule has 0 bridgehead atoms. The van der Waals surface area contributed by atoms with E-state index in [9.17, 15) is 14.0 Å². The highest BCUT2D eigenvalue weighted by Gasteiger charge is 2.23. The summed E-state index contributed by atoms with van der Waals surface area (Å²) in [4.78, 5) is 40.4. The van der Waals surface area contributed by atoms with E-state index in [0.29, 0.717) is 37.8 Å². The zero-order valence-corrected chi connectivity index (χ0v) is 20.6. The first kappa shape index (κ1) is 24.1. The van der Waals surface area contributed by atoms with Crippen LogP contribution in [0, 0.1) is 12.7 Å². The molecular weight excluding hydrogens is 473 g/mol. The van der Waals surface area contributed by atoms with Gasteiger partial charge in [0.25, 0.3) is 5.91 Å². The largest absolute Gasteiger partial charge is 0.368 e. The van der Waals surface area contributed by atoms with Gasteiger partial charge in [-0.2, -0.15) is 0 Å². The molecule has 2 aromatic heterocycles. The first-order chi connectivity index (χ1) is 17.9. The Hall–Kier alpha value is -4.60. The van der Waals surface area contributed by atoms with Crippen molar-refractivity contribution in [3.8, 4) is 22.5 Å². The van der Waals surface area contributed by atoms with Crippen LogP contribution in [0.15, 0.2) is 60.9 Å². The Kier molecular flexibility index (Phi) is 6.63. The molecule has 9 nitrogen and oxygen atoms in total. The van der Waals surface area contributed by atoms with E-state index in [1.165, 1.54) is 12.4 Å². The van der Waals surface area contributed by atoms with Gasteiger partial charge in [0.2, 0.25) is 12.2 Å². The van der Waals surface area contributed by atoms with Crippen LogP contribution in [-0.2, 0) is 16.6 Å². The fraction of sp³-hybridized carbons (Fsp3) is 0.222. The lowest BCUT2D eigenvalue weighted by Crippen LogP contribution is -2.47. The molecule has 188 valence electrons. The van der Waals surface area contributed by atoms with Gasteiger partial charge in [-0.1, -0.05) is 30.3 Å². The van der Waals surface area contributed by atoms with Crippen molar-refractivity contribution >= 4 is 29.5 Å². The van der Waals surface area contributed by atoms with Gasteiger partial charge in [0.15, 0.2) is 5.82 Å². The number of hydrogen-bond acceptors (Lipinski definition) is 7. The fourth-order valence-corrected chi connectivity index (χ4v) is 4.55. The topological polar surface area (TPSA) is 96.2 Å². The summed E-state index contributed by atoms with van der Waals surface area (Å²) >= 11 is 0. The normalized spacial score (nSPS) is 13.5. The summed E-state index contributed by atoms with van der Waals surface area (Å²) in [5.74, 6) is 0.144. The van der Waals surface area contributed by atoms with Crippen LogP contribution in [0.3, 0.4) is 0 Å². The van der Waals surface area contributed by atoms with Crippen molar-refractivity contribution in [3.63, 3.8) is 0 Å². The maximum absolute atomic E-state index is 13.2. The standard InChI is InChI=1S/C27H26FN7O2/c1-18-31-25(19-6-4-3-5-7-19)26(33(18)2)22-14-21(8-9-23(22)32-24(37)17-36)34-10-12-35(13-11-34)27-29-15-20(28)16-30-27/h3-9,14-17H,10-13H2,1-2H3,(H,32,37). The number of aromatic nitrogens is 4. The average molecular weight is 500 g/mol. The van der Waals surface area contributed by atoms with E-state index in [-0.39, 0.29) is 6.29 Å². The lowest BCUT2D eigenvalue weighted by Gasteiger charge is -2.36. The van der Waals surface area contributed by atoms with Crippen LogP contribution in [0.5, 0.6) is 0 Å². The molecule has 2 aromatic carbocycles. The highest BCUT2D eigenvalue weighted by Crippen LogP contribution is 2.38. The van der Waals surface area contributed by atoms with Crippen molar-refractivity contribution in [2.24, 2.45) is 7.05 Å². The van der Waals surface area contributed by atoms with Crippen LogP contribution in [0.4, 0.5) is 21.7 Å². The number of carbonyl (C=O) groups excluding carboxylic acids is 2. The van der Waals surface area contributed by atoms with Gasteiger partial charge in [0, 0.05) is 50.0 Å². The van der Waals surface area contributed by atoms with Crippen LogP contribution in [0.1, 0.15) is 5.82 Å². The number of nitrogens with zero attached hydrogens (tertiary/aromatic N) is 6. The number of amides is 1. The fourth-order valence-electron chi connectivity index (χ4n) is 4.55. The molecule has 37 heavy (non-hydrogen) atoms. The third-order valence-electron chi connectivity index (χ3n) is 6.52.